The number of amides is 3. The molecule has 192 valence electrons. The lowest BCUT2D eigenvalue weighted by Gasteiger charge is -2.39. The van der Waals surface area contributed by atoms with Crippen LogP contribution in [-0.2, 0) is 14.4 Å². The van der Waals surface area contributed by atoms with Gasteiger partial charge in [-0.15, -0.1) is 11.8 Å². The zero-order valence-corrected chi connectivity index (χ0v) is 22.0. The van der Waals surface area contributed by atoms with Gasteiger partial charge in [0.25, 0.3) is 5.91 Å². The zero-order valence-electron chi connectivity index (χ0n) is 21.1. The van der Waals surface area contributed by atoms with Crippen LogP contribution in [-0.4, -0.2) is 54.2 Å². The average molecular weight is 511 g/mol. The normalized spacial score (nSPS) is 19.3. The summed E-state index contributed by atoms with van der Waals surface area (Å²) in [6.07, 6.45) is 5.46. The molecule has 1 saturated heterocycles. The first-order valence-corrected chi connectivity index (χ1v) is 13.5. The van der Waals surface area contributed by atoms with E-state index in [0.717, 1.165) is 42.7 Å². The molecule has 1 aliphatic carbocycles. The summed E-state index contributed by atoms with van der Waals surface area (Å²) in [5.41, 5.74) is 0.500. The molecule has 8 heteroatoms. The summed E-state index contributed by atoms with van der Waals surface area (Å²) >= 11 is 1.46. The number of carbonyl (C=O) groups excluding carboxylic acids is 3. The number of hydrogen-bond donors (Lipinski definition) is 0. The molecule has 7 nitrogen and oxygen atoms in total. The minimum atomic E-state index is -0.789. The van der Waals surface area contributed by atoms with E-state index in [1.807, 2.05) is 31.2 Å². The van der Waals surface area contributed by atoms with Crippen LogP contribution < -0.4 is 14.4 Å². The monoisotopic (exact) mass is 510 g/mol. The summed E-state index contributed by atoms with van der Waals surface area (Å²) in [7, 11) is 3.19. The molecule has 4 rings (SSSR count). The number of anilines is 1. The molecule has 1 saturated carbocycles. The number of nitrogens with zero attached hydrogens (tertiary/aromatic N) is 2. The quantitative estimate of drug-likeness (QED) is 0.346. The predicted molar refractivity (Wildman–Crippen MR) is 141 cm³/mol. The molecule has 0 aromatic heterocycles. The second-order valence-corrected chi connectivity index (χ2v) is 10.4. The fourth-order valence-electron chi connectivity index (χ4n) is 5.13. The summed E-state index contributed by atoms with van der Waals surface area (Å²) in [5, 5.41) is -0.388. The molecular weight excluding hydrogens is 476 g/mol. The van der Waals surface area contributed by atoms with Crippen LogP contribution in [0.4, 0.5) is 5.69 Å². The van der Waals surface area contributed by atoms with Crippen molar-refractivity contribution in [1.82, 2.24) is 4.90 Å². The van der Waals surface area contributed by atoms with Crippen LogP contribution in [0.5, 0.6) is 11.5 Å². The Hall–Kier alpha value is -3.00. The molecule has 2 aromatic carbocycles. The lowest BCUT2D eigenvalue weighted by Crippen LogP contribution is -2.53. The third kappa shape index (κ3) is 5.38. The van der Waals surface area contributed by atoms with Crippen molar-refractivity contribution < 1.29 is 23.9 Å². The van der Waals surface area contributed by atoms with Gasteiger partial charge in [0.05, 0.1) is 36.5 Å². The van der Waals surface area contributed by atoms with Crippen LogP contribution in [0.3, 0.4) is 0 Å². The average Bonchev–Trinajstić information content (AvgIpc) is 3.21. The maximum atomic E-state index is 14.1. The Kier molecular flexibility index (Phi) is 8.56. The molecule has 0 radical (unpaired) electrons. The SMILES string of the molecule is CCC(Sc1ccccc1OC)C(=O)N(C1CCCCC1)C1CC(=O)N(c2ccc(OC)cc2)C1=O. The number of imide groups is 1. The Morgan fingerprint density at radius 3 is 2.36 bits per heavy atom. The van der Waals surface area contributed by atoms with E-state index in [1.54, 1.807) is 43.4 Å². The van der Waals surface area contributed by atoms with E-state index in [0.29, 0.717) is 17.9 Å². The molecule has 2 aromatic rings. The van der Waals surface area contributed by atoms with Gasteiger partial charge in [0.15, 0.2) is 0 Å². The number of ether oxygens (including phenoxy) is 2. The number of methoxy groups -OCH3 is 2. The number of carbonyl (C=O) groups is 3. The highest BCUT2D eigenvalue weighted by Gasteiger charge is 2.47. The molecule has 2 unspecified atom stereocenters. The first-order chi connectivity index (χ1) is 17.5. The minimum absolute atomic E-state index is 0.00284. The molecule has 0 spiro atoms. The molecule has 2 atom stereocenters. The van der Waals surface area contributed by atoms with E-state index in [2.05, 4.69) is 0 Å². The highest BCUT2D eigenvalue weighted by atomic mass is 32.2. The van der Waals surface area contributed by atoms with Crippen molar-refractivity contribution in [3.63, 3.8) is 0 Å². The van der Waals surface area contributed by atoms with Crippen molar-refractivity contribution in [1.29, 1.82) is 0 Å². The Labute approximate surface area is 217 Å². The van der Waals surface area contributed by atoms with Gasteiger partial charge in [-0.2, -0.15) is 0 Å². The number of rotatable bonds is 9. The second-order valence-electron chi connectivity index (χ2n) is 9.19. The Balaban J connectivity index is 1.63. The van der Waals surface area contributed by atoms with Gasteiger partial charge in [-0.3, -0.25) is 14.4 Å². The van der Waals surface area contributed by atoms with E-state index >= 15 is 0 Å². The molecule has 2 fully saturated rings. The van der Waals surface area contributed by atoms with Crippen LogP contribution in [0.1, 0.15) is 51.9 Å². The van der Waals surface area contributed by atoms with Gasteiger partial charge in [-0.1, -0.05) is 38.3 Å². The van der Waals surface area contributed by atoms with Crippen LogP contribution in [0, 0.1) is 0 Å². The molecule has 1 aliphatic heterocycles. The van der Waals surface area contributed by atoms with Crippen LogP contribution >= 0.6 is 11.8 Å². The van der Waals surface area contributed by atoms with Gasteiger partial charge < -0.3 is 14.4 Å². The Morgan fingerprint density at radius 2 is 1.72 bits per heavy atom. The van der Waals surface area contributed by atoms with Crippen LogP contribution in [0.15, 0.2) is 53.4 Å². The van der Waals surface area contributed by atoms with Gasteiger partial charge in [-0.05, 0) is 55.7 Å². The van der Waals surface area contributed by atoms with E-state index < -0.39 is 6.04 Å². The standard InChI is InChI=1S/C28H34N2O5S/c1-4-24(36-25-13-9-8-12-23(25)35-3)28(33)29(19-10-6-5-7-11-19)22-18-26(31)30(27(22)32)20-14-16-21(34-2)17-15-20/h8-9,12-17,19,22,24H,4-7,10-11,18H2,1-3H3. The van der Waals surface area contributed by atoms with E-state index in [9.17, 15) is 14.4 Å². The first-order valence-electron chi connectivity index (χ1n) is 12.6. The number of thioether (sulfide) groups is 1. The molecule has 36 heavy (non-hydrogen) atoms. The van der Waals surface area contributed by atoms with Gasteiger partial charge in [0.2, 0.25) is 11.8 Å². The van der Waals surface area contributed by atoms with Gasteiger partial charge >= 0.3 is 0 Å². The molecular formula is C28H34N2O5S. The second kappa shape index (κ2) is 11.8. The summed E-state index contributed by atoms with van der Waals surface area (Å²) in [4.78, 5) is 44.8. The molecule has 0 bridgehead atoms. The molecule has 0 N–H and O–H groups in total. The van der Waals surface area contributed by atoms with Crippen molar-refractivity contribution >= 4 is 35.2 Å². The summed E-state index contributed by atoms with van der Waals surface area (Å²) in [6.45, 7) is 1.98. The van der Waals surface area contributed by atoms with Crippen LogP contribution in [0.2, 0.25) is 0 Å². The Bertz CT molecular complexity index is 1080. The van der Waals surface area contributed by atoms with Crippen molar-refractivity contribution in [3.05, 3.63) is 48.5 Å². The predicted octanol–water partition coefficient (Wildman–Crippen LogP) is 5.07. The number of hydrogen-bond acceptors (Lipinski definition) is 6. The summed E-state index contributed by atoms with van der Waals surface area (Å²) in [6, 6.07) is 13.7. The topological polar surface area (TPSA) is 76.2 Å². The minimum Gasteiger partial charge on any atom is -0.497 e. The number of para-hydroxylation sites is 1. The molecule has 3 amide bonds. The first kappa shape index (κ1) is 26.1. The maximum absolute atomic E-state index is 14.1. The third-order valence-corrected chi connectivity index (χ3v) is 8.41. The fraction of sp³-hybridized carbons (Fsp3) is 0.464. The third-order valence-electron chi connectivity index (χ3n) is 7.00. The summed E-state index contributed by atoms with van der Waals surface area (Å²) in [5.74, 6) is 0.668. The fourth-order valence-corrected chi connectivity index (χ4v) is 6.25. The van der Waals surface area contributed by atoms with Crippen molar-refractivity contribution in [3.8, 4) is 11.5 Å². The Morgan fingerprint density at radius 1 is 1.03 bits per heavy atom. The van der Waals surface area contributed by atoms with Crippen molar-refractivity contribution in [2.75, 3.05) is 19.1 Å². The van der Waals surface area contributed by atoms with Gasteiger partial charge in [0, 0.05) is 6.04 Å². The smallest absolute Gasteiger partial charge is 0.257 e. The molecule has 2 aliphatic rings. The summed E-state index contributed by atoms with van der Waals surface area (Å²) < 4.78 is 10.7. The highest BCUT2D eigenvalue weighted by molar-refractivity contribution is 8.00. The largest absolute Gasteiger partial charge is 0.497 e. The zero-order chi connectivity index (χ0) is 25.7. The van der Waals surface area contributed by atoms with Crippen molar-refractivity contribution in [2.24, 2.45) is 0 Å². The maximum Gasteiger partial charge on any atom is 0.257 e. The van der Waals surface area contributed by atoms with Gasteiger partial charge in [-0.25, -0.2) is 4.90 Å². The van der Waals surface area contributed by atoms with E-state index in [-0.39, 0.29) is 35.4 Å². The van der Waals surface area contributed by atoms with E-state index in [4.69, 9.17) is 9.47 Å². The van der Waals surface area contributed by atoms with Gasteiger partial charge in [0.1, 0.15) is 17.5 Å². The van der Waals surface area contributed by atoms with Crippen molar-refractivity contribution in [2.45, 2.75) is 74.1 Å². The van der Waals surface area contributed by atoms with E-state index in [1.165, 1.54) is 16.7 Å². The van der Waals surface area contributed by atoms with Crippen LogP contribution in [0.25, 0.3) is 0 Å². The molecule has 1 heterocycles. The number of benzene rings is 2. The highest BCUT2D eigenvalue weighted by Crippen LogP contribution is 2.37. The lowest BCUT2D eigenvalue weighted by molar-refractivity contribution is -0.141. The lowest BCUT2D eigenvalue weighted by atomic mass is 9.92.